The largest absolute Gasteiger partial charge is 0.348 e. The first-order chi connectivity index (χ1) is 13.0. The first-order valence-electron chi connectivity index (χ1n) is 8.98. The summed E-state index contributed by atoms with van der Waals surface area (Å²) in [5.41, 5.74) is 1.66. The number of hydrogen-bond acceptors (Lipinski definition) is 3. The Morgan fingerprint density at radius 3 is 2.52 bits per heavy atom. The number of nitrogens with one attached hydrogen (secondary N) is 3. The lowest BCUT2D eigenvalue weighted by atomic mass is 10.1. The maximum absolute atomic E-state index is 12.9. The number of amides is 3. The summed E-state index contributed by atoms with van der Waals surface area (Å²) in [6, 6.07) is 8.27. The van der Waals surface area contributed by atoms with Crippen LogP contribution in [0.4, 0.5) is 9.18 Å². The van der Waals surface area contributed by atoms with E-state index in [1.807, 2.05) is 26.0 Å². The van der Waals surface area contributed by atoms with E-state index in [0.29, 0.717) is 6.42 Å². The third kappa shape index (κ3) is 6.69. The normalized spacial score (nSPS) is 12.7. The highest BCUT2D eigenvalue weighted by atomic mass is 19.1. The van der Waals surface area contributed by atoms with E-state index < -0.39 is 12.1 Å². The van der Waals surface area contributed by atoms with Gasteiger partial charge in [0.1, 0.15) is 11.9 Å². The van der Waals surface area contributed by atoms with Crippen LogP contribution in [-0.4, -0.2) is 23.0 Å². The van der Waals surface area contributed by atoms with Crippen LogP contribution in [-0.2, 0) is 11.3 Å². The molecule has 2 unspecified atom stereocenters. The minimum absolute atomic E-state index is 0.213. The molecule has 1 aromatic carbocycles. The second-order valence-corrected chi connectivity index (χ2v) is 6.31. The van der Waals surface area contributed by atoms with E-state index in [1.54, 1.807) is 24.5 Å². The molecule has 2 atom stereocenters. The number of carbonyl (C=O) groups is 2. The van der Waals surface area contributed by atoms with E-state index >= 15 is 0 Å². The van der Waals surface area contributed by atoms with Gasteiger partial charge in [0, 0.05) is 18.9 Å². The molecule has 0 radical (unpaired) electrons. The Kier molecular flexibility index (Phi) is 7.73. The van der Waals surface area contributed by atoms with Crippen LogP contribution < -0.4 is 16.0 Å². The topological polar surface area (TPSA) is 83.1 Å². The van der Waals surface area contributed by atoms with Crippen molar-refractivity contribution >= 4 is 11.9 Å². The molecule has 144 valence electrons. The van der Waals surface area contributed by atoms with Gasteiger partial charge in [-0.3, -0.25) is 9.78 Å². The van der Waals surface area contributed by atoms with E-state index in [1.165, 1.54) is 12.1 Å². The molecule has 7 heteroatoms. The highest BCUT2D eigenvalue weighted by molar-refractivity contribution is 5.87. The van der Waals surface area contributed by atoms with E-state index in [9.17, 15) is 14.0 Å². The molecule has 0 aliphatic heterocycles. The summed E-state index contributed by atoms with van der Waals surface area (Å²) in [6.07, 6.45) is 4.64. The molecule has 0 saturated heterocycles. The number of aromatic nitrogens is 1. The van der Waals surface area contributed by atoms with E-state index in [-0.39, 0.29) is 24.3 Å². The fourth-order valence-electron chi connectivity index (χ4n) is 2.58. The highest BCUT2D eigenvalue weighted by Crippen LogP contribution is 2.10. The summed E-state index contributed by atoms with van der Waals surface area (Å²) in [7, 11) is 0. The zero-order chi connectivity index (χ0) is 19.6. The Morgan fingerprint density at radius 2 is 1.89 bits per heavy atom. The van der Waals surface area contributed by atoms with Crippen molar-refractivity contribution in [2.45, 2.75) is 45.3 Å². The third-order valence-electron chi connectivity index (χ3n) is 4.11. The van der Waals surface area contributed by atoms with Crippen LogP contribution in [0.3, 0.4) is 0 Å². The molecule has 3 amide bonds. The summed E-state index contributed by atoms with van der Waals surface area (Å²) in [5.74, 6) is -0.573. The Hall–Kier alpha value is -2.96. The van der Waals surface area contributed by atoms with E-state index in [4.69, 9.17) is 0 Å². The molecule has 0 aliphatic carbocycles. The first kappa shape index (κ1) is 20.4. The molecule has 27 heavy (non-hydrogen) atoms. The predicted molar refractivity (Wildman–Crippen MR) is 101 cm³/mol. The fourth-order valence-corrected chi connectivity index (χ4v) is 2.58. The van der Waals surface area contributed by atoms with Crippen molar-refractivity contribution in [2.75, 3.05) is 0 Å². The molecule has 0 fully saturated rings. The second-order valence-electron chi connectivity index (χ2n) is 6.31. The molecule has 0 saturated carbocycles. The van der Waals surface area contributed by atoms with Gasteiger partial charge >= 0.3 is 6.03 Å². The quantitative estimate of drug-likeness (QED) is 0.666. The van der Waals surface area contributed by atoms with Crippen LogP contribution >= 0.6 is 0 Å². The second kappa shape index (κ2) is 10.3. The van der Waals surface area contributed by atoms with Gasteiger partial charge in [0.25, 0.3) is 0 Å². The standard InChI is InChI=1S/C20H25FN4O2/c1-3-5-18(19(26)24-14(2)16-6-4-11-22-13-16)25-20(27)23-12-15-7-9-17(21)10-8-15/h4,6-11,13-14,18H,3,5,12H2,1-2H3,(H,24,26)(H2,23,25,27). The number of benzene rings is 1. The Labute approximate surface area is 158 Å². The summed E-state index contributed by atoms with van der Waals surface area (Å²) in [5, 5.41) is 8.29. The Morgan fingerprint density at radius 1 is 1.15 bits per heavy atom. The third-order valence-corrected chi connectivity index (χ3v) is 4.11. The van der Waals surface area contributed by atoms with Gasteiger partial charge in [0.2, 0.25) is 5.91 Å². The molecular weight excluding hydrogens is 347 g/mol. The average molecular weight is 372 g/mol. The molecule has 1 aromatic heterocycles. The molecule has 2 rings (SSSR count). The Balaban J connectivity index is 1.88. The predicted octanol–water partition coefficient (Wildman–Crippen LogP) is 3.07. The molecular formula is C20H25FN4O2. The molecule has 0 spiro atoms. The molecule has 6 nitrogen and oxygen atoms in total. The number of pyridine rings is 1. The monoisotopic (exact) mass is 372 g/mol. The van der Waals surface area contributed by atoms with Gasteiger partial charge in [-0.25, -0.2) is 9.18 Å². The number of urea groups is 1. The van der Waals surface area contributed by atoms with E-state index in [0.717, 1.165) is 17.5 Å². The zero-order valence-electron chi connectivity index (χ0n) is 15.5. The molecule has 0 bridgehead atoms. The van der Waals surface area contributed by atoms with Crippen LogP contribution in [0.25, 0.3) is 0 Å². The van der Waals surface area contributed by atoms with Crippen molar-refractivity contribution < 1.29 is 14.0 Å². The minimum atomic E-state index is -0.637. The first-order valence-corrected chi connectivity index (χ1v) is 8.98. The lowest BCUT2D eigenvalue weighted by Crippen LogP contribution is -2.50. The maximum Gasteiger partial charge on any atom is 0.315 e. The molecule has 0 aliphatic rings. The van der Waals surface area contributed by atoms with Crippen molar-refractivity contribution in [3.05, 3.63) is 65.7 Å². The highest BCUT2D eigenvalue weighted by Gasteiger charge is 2.21. The number of hydrogen-bond donors (Lipinski definition) is 3. The van der Waals surface area contributed by atoms with Gasteiger partial charge in [-0.1, -0.05) is 31.5 Å². The Bertz CT molecular complexity index is 737. The minimum Gasteiger partial charge on any atom is -0.348 e. The van der Waals surface area contributed by atoms with Crippen molar-refractivity contribution in [3.8, 4) is 0 Å². The SMILES string of the molecule is CCCC(NC(=O)NCc1ccc(F)cc1)C(=O)NC(C)c1cccnc1. The summed E-state index contributed by atoms with van der Waals surface area (Å²) in [6.45, 7) is 4.06. The summed E-state index contributed by atoms with van der Waals surface area (Å²) >= 11 is 0. The van der Waals surface area contributed by atoms with Crippen LogP contribution in [0.2, 0.25) is 0 Å². The lowest BCUT2D eigenvalue weighted by molar-refractivity contribution is -0.123. The van der Waals surface area contributed by atoms with Gasteiger partial charge < -0.3 is 16.0 Å². The fraction of sp³-hybridized carbons (Fsp3) is 0.350. The van der Waals surface area contributed by atoms with Crippen molar-refractivity contribution in [1.29, 1.82) is 0 Å². The number of carbonyl (C=O) groups excluding carboxylic acids is 2. The number of nitrogens with zero attached hydrogens (tertiary/aromatic N) is 1. The van der Waals surface area contributed by atoms with Crippen LogP contribution in [0, 0.1) is 5.82 Å². The van der Waals surface area contributed by atoms with Gasteiger partial charge in [-0.15, -0.1) is 0 Å². The maximum atomic E-state index is 12.9. The van der Waals surface area contributed by atoms with Gasteiger partial charge in [0.05, 0.1) is 6.04 Å². The average Bonchev–Trinajstić information content (AvgIpc) is 2.68. The molecule has 3 N–H and O–H groups in total. The number of rotatable bonds is 8. The number of halogens is 1. The summed E-state index contributed by atoms with van der Waals surface area (Å²) in [4.78, 5) is 28.7. The van der Waals surface area contributed by atoms with Crippen molar-refractivity contribution in [1.82, 2.24) is 20.9 Å². The van der Waals surface area contributed by atoms with Crippen molar-refractivity contribution in [3.63, 3.8) is 0 Å². The lowest BCUT2D eigenvalue weighted by Gasteiger charge is -2.21. The zero-order valence-corrected chi connectivity index (χ0v) is 15.5. The van der Waals surface area contributed by atoms with E-state index in [2.05, 4.69) is 20.9 Å². The summed E-state index contributed by atoms with van der Waals surface area (Å²) < 4.78 is 12.9. The van der Waals surface area contributed by atoms with Gasteiger partial charge in [-0.05, 0) is 42.7 Å². The molecule has 1 heterocycles. The smallest absolute Gasteiger partial charge is 0.315 e. The van der Waals surface area contributed by atoms with Crippen LogP contribution in [0.15, 0.2) is 48.8 Å². The van der Waals surface area contributed by atoms with Gasteiger partial charge in [0.15, 0.2) is 0 Å². The molecule has 2 aromatic rings. The van der Waals surface area contributed by atoms with Crippen molar-refractivity contribution in [2.24, 2.45) is 0 Å². The van der Waals surface area contributed by atoms with Gasteiger partial charge in [-0.2, -0.15) is 0 Å². The van der Waals surface area contributed by atoms with Crippen LogP contribution in [0.1, 0.15) is 43.9 Å². The van der Waals surface area contributed by atoms with Crippen LogP contribution in [0.5, 0.6) is 0 Å².